The molecule has 1 aromatic heterocycles. The zero-order valence-corrected chi connectivity index (χ0v) is 15.6. The fraction of sp³-hybridized carbons (Fsp3) is 0.500. The number of hydrogen-bond acceptors (Lipinski definition) is 3. The fourth-order valence-electron chi connectivity index (χ4n) is 3.48. The molecule has 1 amide bonds. The van der Waals surface area contributed by atoms with Crippen LogP contribution < -0.4 is 5.32 Å². The summed E-state index contributed by atoms with van der Waals surface area (Å²) in [5, 5.41) is 7.53. The van der Waals surface area contributed by atoms with E-state index in [4.69, 9.17) is 4.74 Å². The molecule has 6 heteroatoms. The monoisotopic (exact) mass is 359 g/mol. The second-order valence-electron chi connectivity index (χ2n) is 7.02. The molecule has 0 bridgehead atoms. The second kappa shape index (κ2) is 7.99. The molecule has 1 saturated heterocycles. The number of aryl methyl sites for hydroxylation is 1. The lowest BCUT2D eigenvalue weighted by Gasteiger charge is -2.16. The van der Waals surface area contributed by atoms with Crippen molar-refractivity contribution in [1.82, 2.24) is 15.1 Å². The summed E-state index contributed by atoms with van der Waals surface area (Å²) in [6.45, 7) is 6.54. The van der Waals surface area contributed by atoms with Crippen molar-refractivity contribution >= 4 is 5.91 Å². The molecule has 1 aliphatic rings. The summed E-state index contributed by atoms with van der Waals surface area (Å²) in [5.41, 5.74) is 2.73. The summed E-state index contributed by atoms with van der Waals surface area (Å²) in [6.07, 6.45) is 4.43. The van der Waals surface area contributed by atoms with Crippen LogP contribution in [0.1, 0.15) is 54.4 Å². The number of ether oxygens (including phenoxy) is 1. The molecular weight excluding hydrogens is 333 g/mol. The third-order valence-electron chi connectivity index (χ3n) is 4.91. The van der Waals surface area contributed by atoms with Gasteiger partial charge in [-0.15, -0.1) is 0 Å². The molecular formula is C20H26FN3O2. The van der Waals surface area contributed by atoms with Gasteiger partial charge in [0.25, 0.3) is 5.91 Å². The average Bonchev–Trinajstić information content (AvgIpc) is 3.21. The van der Waals surface area contributed by atoms with Gasteiger partial charge >= 0.3 is 0 Å². The predicted octanol–water partition coefficient (Wildman–Crippen LogP) is 3.71. The number of benzene rings is 1. The van der Waals surface area contributed by atoms with Gasteiger partial charge in [0.2, 0.25) is 0 Å². The Bertz CT molecular complexity index is 764. The van der Waals surface area contributed by atoms with Gasteiger partial charge in [-0.2, -0.15) is 5.10 Å². The van der Waals surface area contributed by atoms with Gasteiger partial charge in [0.15, 0.2) is 0 Å². The first-order chi connectivity index (χ1) is 12.5. The number of carbonyl (C=O) groups excluding carboxylic acids is 1. The zero-order valence-electron chi connectivity index (χ0n) is 15.6. The third kappa shape index (κ3) is 4.12. The summed E-state index contributed by atoms with van der Waals surface area (Å²) in [6, 6.07) is 6.15. The highest BCUT2D eigenvalue weighted by molar-refractivity contribution is 5.96. The number of nitrogens with one attached hydrogen (secondary N) is 1. The van der Waals surface area contributed by atoms with Crippen molar-refractivity contribution in [3.63, 3.8) is 0 Å². The van der Waals surface area contributed by atoms with Gasteiger partial charge in [-0.05, 0) is 70.7 Å². The molecule has 2 unspecified atom stereocenters. The minimum Gasteiger partial charge on any atom is -0.378 e. The van der Waals surface area contributed by atoms with Crippen LogP contribution in [0.15, 0.2) is 24.3 Å². The van der Waals surface area contributed by atoms with Crippen LogP contribution in [0.5, 0.6) is 0 Å². The van der Waals surface area contributed by atoms with Crippen LogP contribution in [0.2, 0.25) is 0 Å². The van der Waals surface area contributed by atoms with Crippen molar-refractivity contribution in [1.29, 1.82) is 0 Å². The van der Waals surface area contributed by atoms with Crippen molar-refractivity contribution in [3.8, 4) is 5.69 Å². The van der Waals surface area contributed by atoms with Crippen LogP contribution in [0.3, 0.4) is 0 Å². The highest BCUT2D eigenvalue weighted by atomic mass is 19.1. The maximum absolute atomic E-state index is 13.1. The van der Waals surface area contributed by atoms with E-state index in [9.17, 15) is 9.18 Å². The summed E-state index contributed by atoms with van der Waals surface area (Å²) < 4.78 is 20.5. The Balaban J connectivity index is 1.68. The quantitative estimate of drug-likeness (QED) is 0.855. The summed E-state index contributed by atoms with van der Waals surface area (Å²) in [5.74, 6) is -0.415. The van der Waals surface area contributed by atoms with Crippen LogP contribution in [-0.4, -0.2) is 34.4 Å². The minimum absolute atomic E-state index is 0.0691. The normalized spacial score (nSPS) is 18.1. The summed E-state index contributed by atoms with van der Waals surface area (Å²) in [7, 11) is 0. The molecule has 2 atom stereocenters. The van der Waals surface area contributed by atoms with E-state index in [-0.39, 0.29) is 17.8 Å². The first kappa shape index (κ1) is 18.6. The maximum atomic E-state index is 13.1. The van der Waals surface area contributed by atoms with Crippen molar-refractivity contribution < 1.29 is 13.9 Å². The van der Waals surface area contributed by atoms with Crippen LogP contribution in [-0.2, 0) is 4.74 Å². The van der Waals surface area contributed by atoms with Gasteiger partial charge in [0.1, 0.15) is 5.82 Å². The summed E-state index contributed by atoms with van der Waals surface area (Å²) >= 11 is 0. The van der Waals surface area contributed by atoms with E-state index in [1.807, 2.05) is 20.8 Å². The van der Waals surface area contributed by atoms with E-state index in [0.717, 1.165) is 43.7 Å². The van der Waals surface area contributed by atoms with E-state index >= 15 is 0 Å². The third-order valence-corrected chi connectivity index (χ3v) is 4.91. The van der Waals surface area contributed by atoms with E-state index in [1.165, 1.54) is 12.1 Å². The standard InChI is InChI=1S/C20H26FN3O2/c1-13(6-11-18-5-4-12-26-18)22-20(25)19-14(2)23-24(15(19)3)17-9-7-16(21)8-10-17/h7-10,13,18H,4-6,11-12H2,1-3H3,(H,22,25). The Morgan fingerprint density at radius 3 is 2.77 bits per heavy atom. The molecule has 0 saturated carbocycles. The smallest absolute Gasteiger partial charge is 0.255 e. The van der Waals surface area contributed by atoms with Crippen LogP contribution in [0, 0.1) is 19.7 Å². The van der Waals surface area contributed by atoms with Gasteiger partial charge in [0.05, 0.1) is 28.7 Å². The predicted molar refractivity (Wildman–Crippen MR) is 98.1 cm³/mol. The zero-order chi connectivity index (χ0) is 18.7. The number of carbonyl (C=O) groups is 1. The van der Waals surface area contributed by atoms with E-state index in [0.29, 0.717) is 17.4 Å². The highest BCUT2D eigenvalue weighted by Gasteiger charge is 2.22. The maximum Gasteiger partial charge on any atom is 0.255 e. The first-order valence-corrected chi connectivity index (χ1v) is 9.20. The number of amides is 1. The summed E-state index contributed by atoms with van der Waals surface area (Å²) in [4.78, 5) is 12.7. The lowest BCUT2D eigenvalue weighted by molar-refractivity contribution is 0.0898. The molecule has 26 heavy (non-hydrogen) atoms. The Kier molecular flexibility index (Phi) is 5.71. The van der Waals surface area contributed by atoms with Gasteiger partial charge in [-0.1, -0.05) is 0 Å². The number of halogens is 1. The van der Waals surface area contributed by atoms with Gasteiger partial charge < -0.3 is 10.1 Å². The fourth-order valence-corrected chi connectivity index (χ4v) is 3.48. The van der Waals surface area contributed by atoms with Gasteiger partial charge in [-0.3, -0.25) is 4.79 Å². The SMILES string of the molecule is Cc1nn(-c2ccc(F)cc2)c(C)c1C(=O)NC(C)CCC1CCCO1. The van der Waals surface area contributed by atoms with Gasteiger partial charge in [0, 0.05) is 12.6 Å². The molecule has 2 heterocycles. The largest absolute Gasteiger partial charge is 0.378 e. The van der Waals surface area contributed by atoms with Crippen LogP contribution >= 0.6 is 0 Å². The van der Waals surface area contributed by atoms with Crippen LogP contribution in [0.25, 0.3) is 5.69 Å². The Labute approximate surface area is 153 Å². The molecule has 0 aliphatic carbocycles. The van der Waals surface area contributed by atoms with E-state index in [1.54, 1.807) is 16.8 Å². The molecule has 1 aromatic carbocycles. The van der Waals surface area contributed by atoms with Crippen molar-refractivity contribution in [2.75, 3.05) is 6.61 Å². The molecule has 1 aliphatic heterocycles. The van der Waals surface area contributed by atoms with Crippen molar-refractivity contribution in [3.05, 3.63) is 47.0 Å². The van der Waals surface area contributed by atoms with E-state index < -0.39 is 0 Å². The molecule has 3 rings (SSSR count). The lowest BCUT2D eigenvalue weighted by Crippen LogP contribution is -2.33. The Morgan fingerprint density at radius 1 is 1.38 bits per heavy atom. The lowest BCUT2D eigenvalue weighted by atomic mass is 10.1. The number of nitrogens with zero attached hydrogens (tertiary/aromatic N) is 2. The Morgan fingerprint density at radius 2 is 2.12 bits per heavy atom. The molecule has 1 fully saturated rings. The topological polar surface area (TPSA) is 56.2 Å². The number of hydrogen-bond donors (Lipinski definition) is 1. The van der Waals surface area contributed by atoms with Gasteiger partial charge in [-0.25, -0.2) is 9.07 Å². The molecule has 0 spiro atoms. The molecule has 0 radical (unpaired) electrons. The number of rotatable bonds is 6. The molecule has 1 N–H and O–H groups in total. The minimum atomic E-state index is -0.298. The average molecular weight is 359 g/mol. The van der Waals surface area contributed by atoms with Crippen LogP contribution in [0.4, 0.5) is 4.39 Å². The van der Waals surface area contributed by atoms with Crippen molar-refractivity contribution in [2.45, 2.75) is 58.6 Å². The van der Waals surface area contributed by atoms with E-state index in [2.05, 4.69) is 10.4 Å². The Hall–Kier alpha value is -2.21. The first-order valence-electron chi connectivity index (χ1n) is 9.20. The second-order valence-corrected chi connectivity index (χ2v) is 7.02. The highest BCUT2D eigenvalue weighted by Crippen LogP contribution is 2.20. The molecule has 5 nitrogen and oxygen atoms in total. The van der Waals surface area contributed by atoms with Crippen molar-refractivity contribution in [2.24, 2.45) is 0 Å². The molecule has 2 aromatic rings. The molecule has 140 valence electrons. The number of aromatic nitrogens is 2.